The standard InChI is InChI=1S/C16H24N4O2S/c1-2-3-4-23-9-12-7-20(8-13(12)21)6-11-5-17-15-14(11)18-10-19-16(15)22/h5,10,12-13,17,21H,2-4,6-9H2,1H3,(H,18,19,22)/t12-,13+/m0/s1. The highest BCUT2D eigenvalue weighted by atomic mass is 32.2. The lowest BCUT2D eigenvalue weighted by Crippen LogP contribution is -2.21. The lowest BCUT2D eigenvalue weighted by molar-refractivity contribution is 0.149. The van der Waals surface area contributed by atoms with Crippen molar-refractivity contribution in [1.29, 1.82) is 0 Å². The van der Waals surface area contributed by atoms with Gasteiger partial charge >= 0.3 is 0 Å². The number of rotatable bonds is 7. The molecule has 0 bridgehead atoms. The smallest absolute Gasteiger partial charge is 0.275 e. The number of hydrogen-bond donors (Lipinski definition) is 3. The van der Waals surface area contributed by atoms with Gasteiger partial charge in [0.25, 0.3) is 5.56 Å². The average Bonchev–Trinajstić information content (AvgIpc) is 3.09. The summed E-state index contributed by atoms with van der Waals surface area (Å²) in [6.45, 7) is 4.50. The lowest BCUT2D eigenvalue weighted by Gasteiger charge is -2.14. The number of thioether (sulfide) groups is 1. The van der Waals surface area contributed by atoms with Crippen LogP contribution < -0.4 is 5.56 Å². The summed E-state index contributed by atoms with van der Waals surface area (Å²) in [7, 11) is 0. The van der Waals surface area contributed by atoms with Gasteiger partial charge in [0.15, 0.2) is 0 Å². The number of nitrogens with zero attached hydrogens (tertiary/aromatic N) is 2. The van der Waals surface area contributed by atoms with Gasteiger partial charge in [-0.2, -0.15) is 11.8 Å². The molecule has 0 saturated carbocycles. The number of likely N-dealkylation sites (tertiary alicyclic amines) is 1. The Morgan fingerprint density at radius 1 is 1.43 bits per heavy atom. The van der Waals surface area contributed by atoms with Crippen LogP contribution in [0.3, 0.4) is 0 Å². The highest BCUT2D eigenvalue weighted by Crippen LogP contribution is 2.24. The van der Waals surface area contributed by atoms with Crippen LogP contribution in [0, 0.1) is 5.92 Å². The molecule has 3 heterocycles. The summed E-state index contributed by atoms with van der Waals surface area (Å²) in [5, 5.41) is 10.3. The van der Waals surface area contributed by atoms with Crippen LogP contribution in [0.4, 0.5) is 0 Å². The zero-order chi connectivity index (χ0) is 16.2. The van der Waals surface area contributed by atoms with E-state index >= 15 is 0 Å². The second kappa shape index (κ2) is 7.51. The molecule has 1 saturated heterocycles. The molecule has 23 heavy (non-hydrogen) atoms. The molecular weight excluding hydrogens is 312 g/mol. The molecular formula is C16H24N4O2S. The van der Waals surface area contributed by atoms with Crippen molar-refractivity contribution in [2.24, 2.45) is 5.92 Å². The average molecular weight is 336 g/mol. The predicted octanol–water partition coefficient (Wildman–Crippen LogP) is 1.58. The van der Waals surface area contributed by atoms with Crippen LogP contribution in [0.15, 0.2) is 17.3 Å². The first-order valence-electron chi connectivity index (χ1n) is 8.20. The van der Waals surface area contributed by atoms with E-state index in [2.05, 4.69) is 26.8 Å². The second-order valence-electron chi connectivity index (χ2n) is 6.22. The summed E-state index contributed by atoms with van der Waals surface area (Å²) in [6.07, 6.45) is 5.49. The van der Waals surface area contributed by atoms with Gasteiger partial charge in [0.2, 0.25) is 0 Å². The number of aliphatic hydroxyl groups excluding tert-OH is 1. The molecule has 1 aliphatic heterocycles. The Kier molecular flexibility index (Phi) is 5.40. The normalized spacial score (nSPS) is 22.2. The van der Waals surface area contributed by atoms with Gasteiger partial charge in [-0.3, -0.25) is 9.69 Å². The maximum Gasteiger partial charge on any atom is 0.275 e. The molecule has 7 heteroatoms. The quantitative estimate of drug-likeness (QED) is 0.669. The Balaban J connectivity index is 1.60. The van der Waals surface area contributed by atoms with Crippen molar-refractivity contribution in [2.75, 3.05) is 24.6 Å². The van der Waals surface area contributed by atoms with Crippen LogP contribution in [0.5, 0.6) is 0 Å². The summed E-state index contributed by atoms with van der Waals surface area (Å²) in [5.41, 5.74) is 2.11. The number of hydrogen-bond acceptors (Lipinski definition) is 5. The van der Waals surface area contributed by atoms with Crippen LogP contribution in [-0.4, -0.2) is 55.7 Å². The predicted molar refractivity (Wildman–Crippen MR) is 93.7 cm³/mol. The summed E-state index contributed by atoms with van der Waals surface area (Å²) >= 11 is 1.94. The minimum Gasteiger partial charge on any atom is -0.391 e. The minimum absolute atomic E-state index is 0.145. The van der Waals surface area contributed by atoms with E-state index in [1.807, 2.05) is 18.0 Å². The van der Waals surface area contributed by atoms with Crippen molar-refractivity contribution in [2.45, 2.75) is 32.4 Å². The SMILES string of the molecule is CCCCSC[C@@H]1CN(Cc2c[nH]c3c(=O)[nH]cnc23)C[C@H]1O. The Bertz CT molecular complexity index is 699. The van der Waals surface area contributed by atoms with Crippen LogP contribution >= 0.6 is 11.8 Å². The molecule has 126 valence electrons. The number of β-amino-alcohol motifs (C(OH)–C–C–N with tert-alkyl or cyclic N) is 1. The summed E-state index contributed by atoms with van der Waals surface area (Å²) < 4.78 is 0. The minimum atomic E-state index is -0.259. The maximum atomic E-state index is 11.7. The Morgan fingerprint density at radius 3 is 3.13 bits per heavy atom. The zero-order valence-electron chi connectivity index (χ0n) is 13.4. The third-order valence-corrected chi connectivity index (χ3v) is 5.64. The van der Waals surface area contributed by atoms with Crippen LogP contribution in [-0.2, 0) is 6.54 Å². The first-order chi connectivity index (χ1) is 11.2. The molecule has 0 radical (unpaired) electrons. The summed E-state index contributed by atoms with van der Waals surface area (Å²) in [4.78, 5) is 23.8. The molecule has 2 atom stereocenters. The lowest BCUT2D eigenvalue weighted by atomic mass is 10.1. The van der Waals surface area contributed by atoms with E-state index in [1.54, 1.807) is 0 Å². The molecule has 0 aromatic carbocycles. The highest BCUT2D eigenvalue weighted by molar-refractivity contribution is 7.99. The molecule has 1 aliphatic rings. The maximum absolute atomic E-state index is 11.7. The Hall–Kier alpha value is -1.31. The fourth-order valence-corrected chi connectivity index (χ4v) is 4.37. The van der Waals surface area contributed by atoms with Gasteiger partial charge in [-0.25, -0.2) is 4.98 Å². The van der Waals surface area contributed by atoms with E-state index in [9.17, 15) is 9.90 Å². The van der Waals surface area contributed by atoms with Crippen molar-refractivity contribution in [1.82, 2.24) is 19.9 Å². The number of aromatic nitrogens is 3. The van der Waals surface area contributed by atoms with Gasteiger partial charge in [0.05, 0.1) is 17.9 Å². The van der Waals surface area contributed by atoms with Gasteiger partial charge in [0, 0.05) is 37.3 Å². The fourth-order valence-electron chi connectivity index (χ4n) is 3.08. The van der Waals surface area contributed by atoms with Crippen molar-refractivity contribution < 1.29 is 5.11 Å². The molecule has 0 aliphatic carbocycles. The summed E-state index contributed by atoms with van der Waals surface area (Å²) in [6, 6.07) is 0. The molecule has 2 aromatic heterocycles. The molecule has 0 spiro atoms. The topological polar surface area (TPSA) is 85.0 Å². The number of fused-ring (bicyclic) bond motifs is 1. The van der Waals surface area contributed by atoms with Gasteiger partial charge < -0.3 is 15.1 Å². The third-order valence-electron chi connectivity index (χ3n) is 4.40. The van der Waals surface area contributed by atoms with E-state index in [0.29, 0.717) is 24.5 Å². The molecule has 2 aromatic rings. The van der Waals surface area contributed by atoms with Crippen LogP contribution in [0.2, 0.25) is 0 Å². The van der Waals surface area contributed by atoms with E-state index in [-0.39, 0.29) is 11.7 Å². The van der Waals surface area contributed by atoms with Crippen LogP contribution in [0.1, 0.15) is 25.3 Å². The second-order valence-corrected chi connectivity index (χ2v) is 7.37. The Labute approximate surface area is 139 Å². The molecule has 3 rings (SSSR count). The van der Waals surface area contributed by atoms with Crippen LogP contribution in [0.25, 0.3) is 11.0 Å². The number of nitrogens with one attached hydrogen (secondary N) is 2. The number of unbranched alkanes of at least 4 members (excludes halogenated alkanes) is 1. The van der Waals surface area contributed by atoms with Crippen molar-refractivity contribution >= 4 is 22.8 Å². The summed E-state index contributed by atoms with van der Waals surface area (Å²) in [5.74, 6) is 2.52. The fraction of sp³-hybridized carbons (Fsp3) is 0.625. The highest BCUT2D eigenvalue weighted by Gasteiger charge is 2.31. The largest absolute Gasteiger partial charge is 0.391 e. The molecule has 0 unspecified atom stereocenters. The van der Waals surface area contributed by atoms with Crippen molar-refractivity contribution in [3.05, 3.63) is 28.4 Å². The van der Waals surface area contributed by atoms with Gasteiger partial charge in [-0.05, 0) is 17.9 Å². The molecule has 1 fully saturated rings. The monoisotopic (exact) mass is 336 g/mol. The number of aromatic amines is 2. The van der Waals surface area contributed by atoms with E-state index in [4.69, 9.17) is 0 Å². The van der Waals surface area contributed by atoms with E-state index in [0.717, 1.165) is 23.4 Å². The van der Waals surface area contributed by atoms with Crippen molar-refractivity contribution in [3.8, 4) is 0 Å². The third kappa shape index (κ3) is 3.79. The molecule has 6 nitrogen and oxygen atoms in total. The van der Waals surface area contributed by atoms with Gasteiger partial charge in [0.1, 0.15) is 5.52 Å². The van der Waals surface area contributed by atoms with Gasteiger partial charge in [-0.15, -0.1) is 0 Å². The molecule has 3 N–H and O–H groups in total. The first kappa shape index (κ1) is 16.5. The van der Waals surface area contributed by atoms with E-state index in [1.165, 1.54) is 24.9 Å². The zero-order valence-corrected chi connectivity index (χ0v) is 14.2. The number of H-pyrrole nitrogens is 2. The Morgan fingerprint density at radius 2 is 2.30 bits per heavy atom. The van der Waals surface area contributed by atoms with E-state index < -0.39 is 0 Å². The first-order valence-corrected chi connectivity index (χ1v) is 9.36. The van der Waals surface area contributed by atoms with Gasteiger partial charge in [-0.1, -0.05) is 13.3 Å². The van der Waals surface area contributed by atoms with Crippen molar-refractivity contribution in [3.63, 3.8) is 0 Å². The number of aliphatic hydroxyl groups is 1. The molecule has 0 amide bonds.